The molecule has 0 spiro atoms. The van der Waals surface area contributed by atoms with Gasteiger partial charge in [0.1, 0.15) is 5.78 Å². The van der Waals surface area contributed by atoms with Crippen molar-refractivity contribution in [2.75, 3.05) is 0 Å². The van der Waals surface area contributed by atoms with Crippen molar-refractivity contribution < 1.29 is 9.59 Å². The maximum Gasteiger partial charge on any atom is 0.237 e. The number of rotatable bonds is 10. The van der Waals surface area contributed by atoms with Crippen molar-refractivity contribution in [2.24, 2.45) is 29.4 Å². The molecule has 0 heterocycles. The van der Waals surface area contributed by atoms with E-state index in [1.807, 2.05) is 60.7 Å². The minimum absolute atomic E-state index is 0.140. The van der Waals surface area contributed by atoms with Gasteiger partial charge >= 0.3 is 0 Å². The highest BCUT2D eigenvalue weighted by Gasteiger charge is 2.35. The van der Waals surface area contributed by atoms with Crippen molar-refractivity contribution in [2.45, 2.75) is 71.4 Å². The Hall–Kier alpha value is -2.46. The molecule has 0 aliphatic heterocycles. The summed E-state index contributed by atoms with van der Waals surface area (Å²) in [5, 5.41) is 3.14. The van der Waals surface area contributed by atoms with E-state index < -0.39 is 6.04 Å². The Bertz CT molecular complexity index is 881. The summed E-state index contributed by atoms with van der Waals surface area (Å²) in [6.45, 7) is 6.74. The van der Waals surface area contributed by atoms with E-state index in [9.17, 15) is 9.59 Å². The van der Waals surface area contributed by atoms with Gasteiger partial charge in [-0.15, -0.1) is 0 Å². The molecule has 5 atom stereocenters. The van der Waals surface area contributed by atoms with Gasteiger partial charge in [0.15, 0.2) is 0 Å². The molecule has 0 unspecified atom stereocenters. The highest BCUT2D eigenvalue weighted by molar-refractivity contribution is 5.83. The number of carbonyl (C=O) groups is 2. The molecule has 2 aromatic carbocycles. The average molecular weight is 449 g/mol. The van der Waals surface area contributed by atoms with Crippen molar-refractivity contribution in [3.8, 4) is 0 Å². The predicted octanol–water partition coefficient (Wildman–Crippen LogP) is 5.47. The monoisotopic (exact) mass is 448 g/mol. The quantitative estimate of drug-likeness (QED) is 0.506. The highest BCUT2D eigenvalue weighted by Crippen LogP contribution is 2.39. The standard InChI is InChI=1S/C29H40N2O2/c1-20(2)24-15-14-21(3)18-25(24)28(32)17-16-27(23-12-8-5-9-13-23)31-29(33)26(30)19-22-10-6-4-7-11-22/h4-13,20-21,24-27H,14-19,30H2,1-3H3,(H,31,33)/t21-,24+,25-,26-,27-/m1/s1. The van der Waals surface area contributed by atoms with Crippen molar-refractivity contribution >= 4 is 11.7 Å². The third-order valence-electron chi connectivity index (χ3n) is 7.27. The molecule has 3 N–H and O–H groups in total. The van der Waals surface area contributed by atoms with Crippen LogP contribution in [0.4, 0.5) is 0 Å². The van der Waals surface area contributed by atoms with E-state index >= 15 is 0 Å². The lowest BCUT2D eigenvalue weighted by Gasteiger charge is -2.36. The van der Waals surface area contributed by atoms with Gasteiger partial charge in [-0.2, -0.15) is 0 Å². The van der Waals surface area contributed by atoms with Gasteiger partial charge < -0.3 is 11.1 Å². The van der Waals surface area contributed by atoms with Crippen LogP contribution in [0.3, 0.4) is 0 Å². The van der Waals surface area contributed by atoms with Crippen molar-refractivity contribution in [1.82, 2.24) is 5.32 Å². The Labute approximate surface area is 199 Å². The maximum absolute atomic E-state index is 13.3. The van der Waals surface area contributed by atoms with E-state index in [1.165, 1.54) is 6.42 Å². The molecule has 1 amide bonds. The summed E-state index contributed by atoms with van der Waals surface area (Å²) in [7, 11) is 0. The van der Waals surface area contributed by atoms with Crippen LogP contribution in [-0.2, 0) is 16.0 Å². The largest absolute Gasteiger partial charge is 0.348 e. The lowest BCUT2D eigenvalue weighted by Crippen LogP contribution is -2.43. The van der Waals surface area contributed by atoms with Gasteiger partial charge in [-0.1, -0.05) is 87.9 Å². The molecule has 4 heteroatoms. The Morgan fingerprint density at radius 1 is 1.00 bits per heavy atom. The minimum Gasteiger partial charge on any atom is -0.348 e. The Morgan fingerprint density at radius 3 is 2.27 bits per heavy atom. The van der Waals surface area contributed by atoms with Crippen molar-refractivity contribution in [3.63, 3.8) is 0 Å². The molecule has 0 bridgehead atoms. The molecular formula is C29H40N2O2. The predicted molar refractivity (Wildman–Crippen MR) is 135 cm³/mol. The second kappa shape index (κ2) is 12.1. The molecule has 4 nitrogen and oxygen atoms in total. The van der Waals surface area contributed by atoms with Gasteiger partial charge in [-0.25, -0.2) is 0 Å². The molecular weight excluding hydrogens is 408 g/mol. The topological polar surface area (TPSA) is 72.2 Å². The number of nitrogens with one attached hydrogen (secondary N) is 1. The fourth-order valence-corrected chi connectivity index (χ4v) is 5.29. The number of nitrogens with two attached hydrogens (primary N) is 1. The molecule has 0 aromatic heterocycles. The first kappa shape index (κ1) is 25.2. The third kappa shape index (κ3) is 7.26. The van der Waals surface area contributed by atoms with Gasteiger partial charge in [0.2, 0.25) is 5.91 Å². The summed E-state index contributed by atoms with van der Waals surface area (Å²) in [6, 6.07) is 18.9. The smallest absolute Gasteiger partial charge is 0.237 e. The highest BCUT2D eigenvalue weighted by atomic mass is 16.2. The Kier molecular flexibility index (Phi) is 9.25. The summed E-state index contributed by atoms with van der Waals surface area (Å²) in [6.07, 6.45) is 4.92. The van der Waals surface area contributed by atoms with E-state index in [0.717, 1.165) is 24.0 Å². The number of Topliss-reactive ketones (excluding diaryl/α,β-unsaturated/α-hetero) is 1. The zero-order valence-corrected chi connectivity index (χ0v) is 20.4. The molecule has 1 saturated carbocycles. The van der Waals surface area contributed by atoms with E-state index in [4.69, 9.17) is 5.73 Å². The molecule has 1 aliphatic rings. The average Bonchev–Trinajstić information content (AvgIpc) is 2.82. The van der Waals surface area contributed by atoms with E-state index in [0.29, 0.717) is 42.8 Å². The molecule has 33 heavy (non-hydrogen) atoms. The van der Waals surface area contributed by atoms with Gasteiger partial charge in [-0.3, -0.25) is 9.59 Å². The molecule has 2 aromatic rings. The number of benzene rings is 2. The summed E-state index contributed by atoms with van der Waals surface area (Å²) in [4.78, 5) is 26.3. The van der Waals surface area contributed by atoms with E-state index in [2.05, 4.69) is 26.1 Å². The van der Waals surface area contributed by atoms with Crippen LogP contribution in [0.5, 0.6) is 0 Å². The van der Waals surface area contributed by atoms with Gasteiger partial charge in [0.05, 0.1) is 12.1 Å². The number of ketones is 1. The van der Waals surface area contributed by atoms with Crippen LogP contribution in [0.1, 0.15) is 70.0 Å². The van der Waals surface area contributed by atoms with Crippen LogP contribution < -0.4 is 11.1 Å². The van der Waals surface area contributed by atoms with Crippen molar-refractivity contribution in [3.05, 3.63) is 71.8 Å². The lowest BCUT2D eigenvalue weighted by atomic mass is 9.68. The Morgan fingerprint density at radius 2 is 1.64 bits per heavy atom. The van der Waals surface area contributed by atoms with Crippen LogP contribution in [0.25, 0.3) is 0 Å². The van der Waals surface area contributed by atoms with E-state index in [1.54, 1.807) is 0 Å². The number of hydrogen-bond acceptors (Lipinski definition) is 3. The van der Waals surface area contributed by atoms with Crippen LogP contribution in [0, 0.1) is 23.7 Å². The fourth-order valence-electron chi connectivity index (χ4n) is 5.29. The summed E-state index contributed by atoms with van der Waals surface area (Å²) >= 11 is 0. The SMILES string of the molecule is CC(C)[C@@H]1CC[C@@H](C)C[C@H]1C(=O)CC[C@@H](NC(=O)[C@H](N)Cc1ccccc1)c1ccccc1. The molecule has 1 aliphatic carbocycles. The molecule has 3 rings (SSSR count). The second-order valence-corrected chi connectivity index (χ2v) is 10.2. The van der Waals surface area contributed by atoms with Gasteiger partial charge in [-0.05, 0) is 54.6 Å². The van der Waals surface area contributed by atoms with Crippen LogP contribution in [0.15, 0.2) is 60.7 Å². The zero-order valence-electron chi connectivity index (χ0n) is 20.4. The molecule has 0 saturated heterocycles. The first-order chi connectivity index (χ1) is 15.8. The lowest BCUT2D eigenvalue weighted by molar-refractivity contribution is -0.128. The van der Waals surface area contributed by atoms with Crippen LogP contribution >= 0.6 is 0 Å². The fraction of sp³-hybridized carbons (Fsp3) is 0.517. The van der Waals surface area contributed by atoms with Crippen molar-refractivity contribution in [1.29, 1.82) is 0 Å². The molecule has 178 valence electrons. The minimum atomic E-state index is -0.626. The van der Waals surface area contributed by atoms with Crippen LogP contribution in [-0.4, -0.2) is 17.7 Å². The number of hydrogen-bond donors (Lipinski definition) is 2. The number of carbonyl (C=O) groups excluding carboxylic acids is 2. The maximum atomic E-state index is 13.3. The first-order valence-electron chi connectivity index (χ1n) is 12.5. The summed E-state index contributed by atoms with van der Waals surface area (Å²) in [5.41, 5.74) is 8.29. The first-order valence-corrected chi connectivity index (χ1v) is 12.5. The Balaban J connectivity index is 1.66. The molecule has 0 radical (unpaired) electrons. The van der Waals surface area contributed by atoms with Gasteiger partial charge in [0.25, 0.3) is 0 Å². The second-order valence-electron chi connectivity index (χ2n) is 10.2. The van der Waals surface area contributed by atoms with Gasteiger partial charge in [0, 0.05) is 12.3 Å². The summed E-state index contributed by atoms with van der Waals surface area (Å²) < 4.78 is 0. The molecule has 1 fully saturated rings. The third-order valence-corrected chi connectivity index (χ3v) is 7.27. The zero-order chi connectivity index (χ0) is 23.8. The summed E-state index contributed by atoms with van der Waals surface area (Å²) in [5.74, 6) is 1.91. The number of amides is 1. The normalized spacial score (nSPS) is 22.5. The van der Waals surface area contributed by atoms with E-state index in [-0.39, 0.29) is 17.9 Å². The van der Waals surface area contributed by atoms with Crippen LogP contribution in [0.2, 0.25) is 0 Å².